The number of nitrogens with one attached hydrogen (secondary N) is 1. The van der Waals surface area contributed by atoms with Crippen LogP contribution in [0.1, 0.15) is 12.8 Å². The third kappa shape index (κ3) is 4.46. The largest absolute Gasteiger partial charge is 0.389 e. The van der Waals surface area contributed by atoms with Gasteiger partial charge < -0.3 is 5.32 Å². The van der Waals surface area contributed by atoms with Gasteiger partial charge in [0.05, 0.1) is 5.69 Å². The van der Waals surface area contributed by atoms with Crippen LogP contribution in [0, 0.1) is 11.6 Å². The summed E-state index contributed by atoms with van der Waals surface area (Å²) in [6, 6.07) is 2.86. The average molecular weight is 239 g/mol. The second-order valence-electron chi connectivity index (χ2n) is 3.27. The van der Waals surface area contributed by atoms with Gasteiger partial charge in [0, 0.05) is 19.0 Å². The molecular weight excluding hydrogens is 229 g/mol. The maximum absolute atomic E-state index is 13.0. The Morgan fingerprint density at radius 2 is 1.81 bits per heavy atom. The fourth-order valence-corrected chi connectivity index (χ4v) is 1.14. The van der Waals surface area contributed by atoms with Gasteiger partial charge in [-0.1, -0.05) is 0 Å². The van der Waals surface area contributed by atoms with Crippen molar-refractivity contribution < 1.29 is 22.0 Å². The van der Waals surface area contributed by atoms with E-state index in [9.17, 15) is 22.0 Å². The molecule has 0 amide bonds. The van der Waals surface area contributed by atoms with E-state index in [1.807, 2.05) is 0 Å². The van der Waals surface area contributed by atoms with Crippen molar-refractivity contribution in [1.82, 2.24) is 0 Å². The summed E-state index contributed by atoms with van der Waals surface area (Å²) in [6.07, 6.45) is -5.29. The quantitative estimate of drug-likeness (QED) is 0.623. The first-order valence-corrected chi connectivity index (χ1v) is 4.64. The van der Waals surface area contributed by atoms with Crippen LogP contribution in [-0.4, -0.2) is 12.7 Å². The Morgan fingerprint density at radius 1 is 1.12 bits per heavy atom. The van der Waals surface area contributed by atoms with E-state index in [2.05, 4.69) is 5.32 Å². The predicted molar refractivity (Wildman–Crippen MR) is 50.1 cm³/mol. The number of halogens is 5. The van der Waals surface area contributed by atoms with E-state index in [0.717, 1.165) is 12.1 Å². The summed E-state index contributed by atoms with van der Waals surface area (Å²) in [7, 11) is 0. The van der Waals surface area contributed by atoms with E-state index >= 15 is 0 Å². The number of benzene rings is 1. The lowest BCUT2D eigenvalue weighted by atomic mass is 10.2. The summed E-state index contributed by atoms with van der Waals surface area (Å²) in [4.78, 5) is 0. The number of hydrogen-bond donors (Lipinski definition) is 1. The third-order valence-corrected chi connectivity index (χ3v) is 1.88. The minimum Gasteiger partial charge on any atom is -0.383 e. The number of rotatable bonds is 4. The van der Waals surface area contributed by atoms with Crippen LogP contribution in [0.2, 0.25) is 0 Å². The molecule has 1 aromatic carbocycles. The second-order valence-corrected chi connectivity index (χ2v) is 3.27. The maximum atomic E-state index is 13.0. The van der Waals surface area contributed by atoms with E-state index in [1.54, 1.807) is 0 Å². The van der Waals surface area contributed by atoms with Gasteiger partial charge in [-0.15, -0.1) is 0 Å². The van der Waals surface area contributed by atoms with E-state index in [4.69, 9.17) is 0 Å². The molecule has 0 aliphatic heterocycles. The minimum atomic E-state index is -4.21. The highest BCUT2D eigenvalue weighted by Crippen LogP contribution is 2.21. The smallest absolute Gasteiger partial charge is 0.383 e. The van der Waals surface area contributed by atoms with Crippen molar-refractivity contribution in [3.63, 3.8) is 0 Å². The fourth-order valence-electron chi connectivity index (χ4n) is 1.14. The minimum absolute atomic E-state index is 0.00331. The lowest BCUT2D eigenvalue weighted by Gasteiger charge is -2.09. The van der Waals surface area contributed by atoms with Crippen LogP contribution >= 0.6 is 0 Å². The van der Waals surface area contributed by atoms with Crippen LogP contribution in [0.5, 0.6) is 0 Å². The van der Waals surface area contributed by atoms with Gasteiger partial charge in [0.2, 0.25) is 0 Å². The zero-order valence-corrected chi connectivity index (χ0v) is 8.24. The summed E-state index contributed by atoms with van der Waals surface area (Å²) in [6.45, 7) is -0.0118. The molecule has 0 bridgehead atoms. The highest BCUT2D eigenvalue weighted by atomic mass is 19.4. The fraction of sp³-hybridized carbons (Fsp3) is 0.400. The van der Waals surface area contributed by atoms with Crippen LogP contribution in [0.25, 0.3) is 0 Å². The lowest BCUT2D eigenvalue weighted by Crippen LogP contribution is -2.11. The van der Waals surface area contributed by atoms with Crippen molar-refractivity contribution in [2.45, 2.75) is 19.0 Å². The molecule has 0 atom stereocenters. The van der Waals surface area contributed by atoms with Crippen LogP contribution in [0.3, 0.4) is 0 Å². The topological polar surface area (TPSA) is 12.0 Å². The first-order valence-electron chi connectivity index (χ1n) is 4.64. The summed E-state index contributed by atoms with van der Waals surface area (Å²) in [5.41, 5.74) is 0.00331. The Balaban J connectivity index is 2.38. The highest BCUT2D eigenvalue weighted by molar-refractivity contribution is 5.44. The Hall–Kier alpha value is -1.33. The Bertz CT molecular complexity index is 348. The van der Waals surface area contributed by atoms with Crippen molar-refractivity contribution in [2.24, 2.45) is 0 Å². The Kier molecular flexibility index (Phi) is 4.09. The predicted octanol–water partition coefficient (Wildman–Crippen LogP) is 3.72. The average Bonchev–Trinajstić information content (AvgIpc) is 2.13. The number of anilines is 1. The molecular formula is C10H10F5N. The van der Waals surface area contributed by atoms with Crippen LogP contribution < -0.4 is 5.32 Å². The van der Waals surface area contributed by atoms with Crippen molar-refractivity contribution in [3.05, 3.63) is 29.8 Å². The molecule has 1 N–H and O–H groups in total. The molecule has 0 aliphatic carbocycles. The second kappa shape index (κ2) is 5.14. The maximum Gasteiger partial charge on any atom is 0.389 e. The van der Waals surface area contributed by atoms with Gasteiger partial charge in [0.25, 0.3) is 0 Å². The van der Waals surface area contributed by atoms with Crippen molar-refractivity contribution in [2.75, 3.05) is 11.9 Å². The molecule has 0 aromatic heterocycles. The molecule has 1 nitrogen and oxygen atoms in total. The van der Waals surface area contributed by atoms with Crippen LogP contribution in [-0.2, 0) is 0 Å². The third-order valence-electron chi connectivity index (χ3n) is 1.88. The number of alkyl halides is 3. The molecule has 1 aromatic rings. The molecule has 0 heterocycles. The van der Waals surface area contributed by atoms with Crippen molar-refractivity contribution in [1.29, 1.82) is 0 Å². The Labute approximate surface area is 89.3 Å². The van der Waals surface area contributed by atoms with Crippen molar-refractivity contribution >= 4 is 5.69 Å². The molecule has 1 rings (SSSR count). The molecule has 6 heteroatoms. The van der Waals surface area contributed by atoms with Crippen LogP contribution in [0.15, 0.2) is 18.2 Å². The molecule has 16 heavy (non-hydrogen) atoms. The van der Waals surface area contributed by atoms with Gasteiger partial charge >= 0.3 is 6.18 Å². The van der Waals surface area contributed by atoms with Crippen molar-refractivity contribution in [3.8, 4) is 0 Å². The van der Waals surface area contributed by atoms with Gasteiger partial charge in [0.1, 0.15) is 11.6 Å². The van der Waals surface area contributed by atoms with Crippen LogP contribution in [0.4, 0.5) is 27.6 Å². The van der Waals surface area contributed by atoms with E-state index in [0.29, 0.717) is 6.07 Å². The highest BCUT2D eigenvalue weighted by Gasteiger charge is 2.25. The zero-order chi connectivity index (χ0) is 12.2. The molecule has 0 unspecified atom stereocenters. The van der Waals surface area contributed by atoms with Gasteiger partial charge in [-0.2, -0.15) is 13.2 Å². The normalized spacial score (nSPS) is 11.6. The SMILES string of the molecule is Fc1ccc(NCCCC(F)(F)F)c(F)c1. The monoisotopic (exact) mass is 239 g/mol. The van der Waals surface area contributed by atoms with E-state index in [1.165, 1.54) is 0 Å². The lowest BCUT2D eigenvalue weighted by molar-refractivity contribution is -0.134. The van der Waals surface area contributed by atoms with Gasteiger partial charge in [-0.25, -0.2) is 8.78 Å². The zero-order valence-electron chi connectivity index (χ0n) is 8.24. The molecule has 0 radical (unpaired) electrons. The van der Waals surface area contributed by atoms with Gasteiger partial charge in [-0.3, -0.25) is 0 Å². The summed E-state index contributed by atoms with van der Waals surface area (Å²) in [5, 5.41) is 2.47. The molecule has 0 saturated heterocycles. The molecule has 0 spiro atoms. The summed E-state index contributed by atoms with van der Waals surface area (Å²) < 4.78 is 60.7. The number of hydrogen-bond acceptors (Lipinski definition) is 1. The summed E-state index contributed by atoms with van der Waals surface area (Å²) >= 11 is 0. The standard InChI is InChI=1S/C10H10F5N/c11-7-2-3-9(8(12)6-7)16-5-1-4-10(13,14)15/h2-3,6,16H,1,4-5H2. The van der Waals surface area contributed by atoms with E-state index in [-0.39, 0.29) is 18.7 Å². The molecule has 0 fully saturated rings. The van der Waals surface area contributed by atoms with Gasteiger partial charge in [-0.05, 0) is 18.6 Å². The molecule has 0 aliphatic rings. The van der Waals surface area contributed by atoms with Gasteiger partial charge in [0.15, 0.2) is 0 Å². The summed E-state index contributed by atoms with van der Waals surface area (Å²) in [5.74, 6) is -1.54. The Morgan fingerprint density at radius 3 is 2.38 bits per heavy atom. The first kappa shape index (κ1) is 12.7. The van der Waals surface area contributed by atoms with E-state index < -0.39 is 24.2 Å². The molecule has 90 valence electrons. The molecule has 0 saturated carbocycles. The first-order chi connectivity index (χ1) is 7.38.